The predicted molar refractivity (Wildman–Crippen MR) is 91.3 cm³/mol. The van der Waals surface area contributed by atoms with Crippen LogP contribution in [-0.4, -0.2) is 12.5 Å². The molecule has 0 aromatic heterocycles. The van der Waals surface area contributed by atoms with E-state index in [1.165, 1.54) is 38.2 Å². The van der Waals surface area contributed by atoms with Crippen LogP contribution < -0.4 is 5.32 Å². The van der Waals surface area contributed by atoms with E-state index in [-0.39, 0.29) is 24.2 Å². The second-order valence-electron chi connectivity index (χ2n) is 6.36. The molecule has 0 unspecified atom stereocenters. The quantitative estimate of drug-likeness (QED) is 0.807. The minimum Gasteiger partial charge on any atom is -0.345 e. The summed E-state index contributed by atoms with van der Waals surface area (Å²) in [4.78, 5) is 12.1. The summed E-state index contributed by atoms with van der Waals surface area (Å²) < 4.78 is 13.4. The van der Waals surface area contributed by atoms with E-state index in [1.54, 1.807) is 18.2 Å². The lowest BCUT2D eigenvalue weighted by atomic mass is 9.79. The van der Waals surface area contributed by atoms with Crippen LogP contribution in [0.25, 0.3) is 0 Å². The molecule has 2 rings (SSSR count). The third-order valence-corrected chi connectivity index (χ3v) is 4.63. The van der Waals surface area contributed by atoms with E-state index in [9.17, 15) is 9.18 Å². The molecule has 124 valence electrons. The standard InChI is InChI=1S/C20H26FNO/c1-2-3-7-16-11-13-18(14-12-16)20(23)22-15-6-9-17-8-4-5-10-19(17)21/h4-5,8,10,16,18H,2-3,7,11-15H2,1H3,(H,22,23). The van der Waals surface area contributed by atoms with Gasteiger partial charge in [0.15, 0.2) is 0 Å². The van der Waals surface area contributed by atoms with Crippen molar-refractivity contribution in [2.75, 3.05) is 6.54 Å². The van der Waals surface area contributed by atoms with Crippen LogP contribution in [0.4, 0.5) is 4.39 Å². The van der Waals surface area contributed by atoms with Gasteiger partial charge in [-0.05, 0) is 43.7 Å². The van der Waals surface area contributed by atoms with Crippen LogP contribution in [-0.2, 0) is 4.79 Å². The normalized spacial score (nSPS) is 20.4. The van der Waals surface area contributed by atoms with Crippen LogP contribution in [0.3, 0.4) is 0 Å². The maximum Gasteiger partial charge on any atom is 0.223 e. The Morgan fingerprint density at radius 3 is 2.70 bits per heavy atom. The number of amides is 1. The summed E-state index contributed by atoms with van der Waals surface area (Å²) in [5, 5.41) is 2.87. The highest BCUT2D eigenvalue weighted by Gasteiger charge is 2.25. The van der Waals surface area contributed by atoms with Gasteiger partial charge < -0.3 is 5.32 Å². The fourth-order valence-corrected chi connectivity index (χ4v) is 3.18. The molecule has 0 spiro atoms. The maximum atomic E-state index is 13.4. The van der Waals surface area contributed by atoms with Crippen molar-refractivity contribution in [3.63, 3.8) is 0 Å². The molecule has 1 amide bonds. The smallest absolute Gasteiger partial charge is 0.223 e. The number of carbonyl (C=O) groups excluding carboxylic acids is 1. The first-order valence-corrected chi connectivity index (χ1v) is 8.71. The first-order valence-electron chi connectivity index (χ1n) is 8.71. The average Bonchev–Trinajstić information content (AvgIpc) is 2.58. The van der Waals surface area contributed by atoms with E-state index < -0.39 is 0 Å². The first kappa shape index (κ1) is 17.5. The van der Waals surface area contributed by atoms with Crippen LogP contribution in [0.15, 0.2) is 24.3 Å². The van der Waals surface area contributed by atoms with Crippen molar-refractivity contribution >= 4 is 5.91 Å². The Bertz CT molecular complexity index is 564. The molecule has 1 saturated carbocycles. The third-order valence-electron chi connectivity index (χ3n) is 4.63. The molecular weight excluding hydrogens is 289 g/mol. The number of nitrogens with one attached hydrogen (secondary N) is 1. The first-order chi connectivity index (χ1) is 11.2. The molecule has 1 aliphatic rings. The van der Waals surface area contributed by atoms with Crippen molar-refractivity contribution in [3.8, 4) is 11.8 Å². The minimum atomic E-state index is -0.322. The van der Waals surface area contributed by atoms with Gasteiger partial charge in [0.25, 0.3) is 0 Å². The van der Waals surface area contributed by atoms with Gasteiger partial charge in [0.05, 0.1) is 12.1 Å². The highest BCUT2D eigenvalue weighted by Crippen LogP contribution is 2.31. The van der Waals surface area contributed by atoms with Crippen molar-refractivity contribution in [1.82, 2.24) is 5.32 Å². The van der Waals surface area contributed by atoms with Crippen LogP contribution in [0.2, 0.25) is 0 Å². The van der Waals surface area contributed by atoms with Gasteiger partial charge in [-0.25, -0.2) is 4.39 Å². The number of rotatable bonds is 5. The molecule has 1 aromatic rings. The van der Waals surface area contributed by atoms with E-state index in [0.29, 0.717) is 5.56 Å². The Balaban J connectivity index is 1.71. The molecule has 23 heavy (non-hydrogen) atoms. The Morgan fingerprint density at radius 1 is 1.26 bits per heavy atom. The molecule has 0 heterocycles. The molecule has 0 radical (unpaired) electrons. The summed E-state index contributed by atoms with van der Waals surface area (Å²) in [5.41, 5.74) is 0.373. The fraction of sp³-hybridized carbons (Fsp3) is 0.550. The molecule has 0 atom stereocenters. The highest BCUT2D eigenvalue weighted by atomic mass is 19.1. The van der Waals surface area contributed by atoms with Crippen molar-refractivity contribution in [2.24, 2.45) is 11.8 Å². The van der Waals surface area contributed by atoms with Crippen LogP contribution >= 0.6 is 0 Å². The van der Waals surface area contributed by atoms with E-state index in [1.807, 2.05) is 0 Å². The van der Waals surface area contributed by atoms with Crippen LogP contribution in [0.5, 0.6) is 0 Å². The SMILES string of the molecule is CCCCC1CCC(C(=O)NCC#Cc2ccccc2F)CC1. The average molecular weight is 315 g/mol. The highest BCUT2D eigenvalue weighted by molar-refractivity contribution is 5.78. The molecule has 1 N–H and O–H groups in total. The third kappa shape index (κ3) is 5.71. The van der Waals surface area contributed by atoms with Gasteiger partial charge in [-0.1, -0.05) is 50.2 Å². The number of hydrogen-bond donors (Lipinski definition) is 1. The van der Waals surface area contributed by atoms with Crippen LogP contribution in [0, 0.1) is 29.5 Å². The number of carbonyl (C=O) groups is 1. The molecule has 0 aliphatic heterocycles. The van der Waals surface area contributed by atoms with Gasteiger partial charge in [0, 0.05) is 5.92 Å². The zero-order valence-electron chi connectivity index (χ0n) is 13.9. The van der Waals surface area contributed by atoms with E-state index in [0.717, 1.165) is 18.8 Å². The molecule has 0 saturated heterocycles. The molecule has 2 nitrogen and oxygen atoms in total. The van der Waals surface area contributed by atoms with Gasteiger partial charge in [0.1, 0.15) is 5.82 Å². The van der Waals surface area contributed by atoms with Gasteiger partial charge >= 0.3 is 0 Å². The van der Waals surface area contributed by atoms with E-state index in [2.05, 4.69) is 24.1 Å². The Morgan fingerprint density at radius 2 is 2.00 bits per heavy atom. The topological polar surface area (TPSA) is 29.1 Å². The van der Waals surface area contributed by atoms with Crippen molar-refractivity contribution in [1.29, 1.82) is 0 Å². The maximum absolute atomic E-state index is 13.4. The summed E-state index contributed by atoms with van der Waals surface area (Å²) in [5.74, 6) is 6.30. The lowest BCUT2D eigenvalue weighted by Gasteiger charge is -2.27. The number of hydrogen-bond acceptors (Lipinski definition) is 1. The van der Waals surface area contributed by atoms with Gasteiger partial charge in [-0.2, -0.15) is 0 Å². The van der Waals surface area contributed by atoms with Gasteiger partial charge in [-0.15, -0.1) is 0 Å². The summed E-state index contributed by atoms with van der Waals surface area (Å²) in [7, 11) is 0. The lowest BCUT2D eigenvalue weighted by Crippen LogP contribution is -2.33. The van der Waals surface area contributed by atoms with Crippen LogP contribution in [0.1, 0.15) is 57.4 Å². The van der Waals surface area contributed by atoms with Crippen molar-refractivity contribution < 1.29 is 9.18 Å². The van der Waals surface area contributed by atoms with Crippen molar-refractivity contribution in [2.45, 2.75) is 51.9 Å². The number of benzene rings is 1. The summed E-state index contributed by atoms with van der Waals surface area (Å²) in [6, 6.07) is 6.42. The molecule has 0 bridgehead atoms. The van der Waals surface area contributed by atoms with E-state index in [4.69, 9.17) is 0 Å². The van der Waals surface area contributed by atoms with E-state index >= 15 is 0 Å². The Kier molecular flexibility index (Phi) is 7.13. The summed E-state index contributed by atoms with van der Waals surface area (Å²) in [6.07, 6.45) is 8.16. The second kappa shape index (κ2) is 9.35. The predicted octanol–water partition coefficient (Wildman–Crippen LogP) is 4.29. The fourth-order valence-electron chi connectivity index (χ4n) is 3.18. The largest absolute Gasteiger partial charge is 0.345 e. The molecule has 1 fully saturated rings. The zero-order chi connectivity index (χ0) is 16.5. The molecule has 1 aromatic carbocycles. The number of unbranched alkanes of at least 4 members (excludes halogenated alkanes) is 1. The molecular formula is C20H26FNO. The molecule has 1 aliphatic carbocycles. The zero-order valence-corrected chi connectivity index (χ0v) is 13.9. The summed E-state index contributed by atoms with van der Waals surface area (Å²) in [6.45, 7) is 2.50. The lowest BCUT2D eigenvalue weighted by molar-refractivity contribution is -0.125. The Labute approximate surface area is 138 Å². The molecule has 3 heteroatoms. The summed E-state index contributed by atoms with van der Waals surface area (Å²) >= 11 is 0. The monoisotopic (exact) mass is 315 g/mol. The Hall–Kier alpha value is -1.82. The second-order valence-corrected chi connectivity index (χ2v) is 6.36. The van der Waals surface area contributed by atoms with Gasteiger partial charge in [-0.3, -0.25) is 4.79 Å². The number of halogens is 1. The minimum absolute atomic E-state index is 0.0989. The van der Waals surface area contributed by atoms with Gasteiger partial charge in [0.2, 0.25) is 5.91 Å². The van der Waals surface area contributed by atoms with Crippen molar-refractivity contribution in [3.05, 3.63) is 35.6 Å².